The zero-order valence-corrected chi connectivity index (χ0v) is 17.7. The lowest BCUT2D eigenvalue weighted by Gasteiger charge is -2.24. The molecule has 0 fully saturated rings. The molecule has 11 heteroatoms. The van der Waals surface area contributed by atoms with Crippen LogP contribution in [0.25, 0.3) is 11.3 Å². The average Bonchev–Trinajstić information content (AvgIpc) is 3.34. The molecule has 4 rings (SSSR count). The minimum atomic E-state index is -3.82. The summed E-state index contributed by atoms with van der Waals surface area (Å²) in [5.74, 6) is -3.34. The molecular weight excluding hydrogens is 440 g/mol. The second-order valence-electron chi connectivity index (χ2n) is 7.57. The van der Waals surface area contributed by atoms with Crippen LogP contribution in [0.1, 0.15) is 29.2 Å². The van der Waals surface area contributed by atoms with Crippen molar-refractivity contribution in [3.8, 4) is 11.3 Å². The van der Waals surface area contributed by atoms with E-state index in [0.29, 0.717) is 11.3 Å². The maximum Gasteiger partial charge on any atom is 0.238 e. The van der Waals surface area contributed by atoms with E-state index < -0.39 is 27.6 Å². The summed E-state index contributed by atoms with van der Waals surface area (Å²) < 4.78 is 51.0. The number of amides is 1. The Morgan fingerprint density at radius 2 is 1.88 bits per heavy atom. The van der Waals surface area contributed by atoms with Gasteiger partial charge in [0, 0.05) is 16.7 Å². The highest BCUT2D eigenvalue weighted by atomic mass is 32.2. The lowest BCUT2D eigenvalue weighted by atomic mass is 9.93. The molecule has 2 aromatic carbocycles. The number of halogens is 2. The minimum Gasteiger partial charge on any atom is -0.332 e. The van der Waals surface area contributed by atoms with Gasteiger partial charge in [-0.15, -0.1) is 0 Å². The zero-order chi connectivity index (χ0) is 23.0. The van der Waals surface area contributed by atoms with Crippen molar-refractivity contribution in [2.75, 3.05) is 6.54 Å². The Bertz CT molecular complexity index is 1280. The fraction of sp³-hybridized carbons (Fsp3) is 0.238. The number of primary sulfonamides is 1. The number of hydrogen-bond donors (Lipinski definition) is 3. The number of nitrogens with two attached hydrogens (primary N) is 2. The van der Waals surface area contributed by atoms with Crippen LogP contribution < -0.4 is 10.9 Å². The van der Waals surface area contributed by atoms with Crippen LogP contribution in [0.4, 0.5) is 8.78 Å². The molecule has 1 atom stereocenters. The van der Waals surface area contributed by atoms with E-state index >= 15 is 0 Å². The third kappa shape index (κ3) is 4.01. The normalized spacial score (nSPS) is 14.4. The first kappa shape index (κ1) is 22.1. The van der Waals surface area contributed by atoms with Crippen molar-refractivity contribution in [3.63, 3.8) is 0 Å². The Morgan fingerprint density at radius 1 is 1.16 bits per heavy atom. The van der Waals surface area contributed by atoms with Crippen LogP contribution in [0.2, 0.25) is 0 Å². The fourth-order valence-corrected chi connectivity index (χ4v) is 4.44. The monoisotopic (exact) mass is 461 g/mol. The highest BCUT2D eigenvalue weighted by Crippen LogP contribution is 2.34. The number of aromatic amines is 1. The molecule has 0 spiro atoms. The second kappa shape index (κ2) is 8.41. The second-order valence-corrected chi connectivity index (χ2v) is 9.13. The third-order valence-electron chi connectivity index (χ3n) is 5.53. The van der Waals surface area contributed by atoms with Gasteiger partial charge in [0.15, 0.2) is 11.6 Å². The molecule has 0 saturated heterocycles. The summed E-state index contributed by atoms with van der Waals surface area (Å²) in [4.78, 5) is 14.8. The summed E-state index contributed by atoms with van der Waals surface area (Å²) in [6.07, 6.45) is 0.170. The smallest absolute Gasteiger partial charge is 0.238 e. The van der Waals surface area contributed by atoms with Gasteiger partial charge in [0.1, 0.15) is 0 Å². The molecule has 8 nitrogen and oxygen atoms in total. The van der Waals surface area contributed by atoms with Gasteiger partial charge in [-0.2, -0.15) is 5.10 Å². The number of carbonyl (C=O) groups excluding carboxylic acids is 1. The number of nitrogens with zero attached hydrogens (tertiary/aromatic N) is 2. The van der Waals surface area contributed by atoms with Crippen LogP contribution in [-0.2, 0) is 27.9 Å². The van der Waals surface area contributed by atoms with E-state index in [2.05, 4.69) is 10.2 Å². The van der Waals surface area contributed by atoms with Gasteiger partial charge >= 0.3 is 0 Å². The molecule has 32 heavy (non-hydrogen) atoms. The minimum absolute atomic E-state index is 0.0204. The highest BCUT2D eigenvalue weighted by Gasteiger charge is 2.34. The van der Waals surface area contributed by atoms with Gasteiger partial charge < -0.3 is 10.6 Å². The van der Waals surface area contributed by atoms with Crippen LogP contribution in [-0.4, -0.2) is 36.0 Å². The van der Waals surface area contributed by atoms with E-state index in [4.69, 9.17) is 10.9 Å². The fourth-order valence-electron chi connectivity index (χ4n) is 3.93. The maximum absolute atomic E-state index is 14.4. The summed E-state index contributed by atoms with van der Waals surface area (Å²) in [7, 11) is -3.82. The van der Waals surface area contributed by atoms with E-state index in [1.165, 1.54) is 29.2 Å². The Balaban J connectivity index is 1.59. The van der Waals surface area contributed by atoms with Gasteiger partial charge in [-0.3, -0.25) is 9.89 Å². The summed E-state index contributed by atoms with van der Waals surface area (Å²) in [5.41, 5.74) is 8.34. The van der Waals surface area contributed by atoms with Gasteiger partial charge in [0.25, 0.3) is 0 Å². The SMILES string of the molecule is NCCC(C(=O)N1Cc2[nH]nc(-c3ccc(S(N)(=O)=O)cc3)c2C1)c1cccc(F)c1F. The summed E-state index contributed by atoms with van der Waals surface area (Å²) in [6, 6.07) is 9.69. The summed E-state index contributed by atoms with van der Waals surface area (Å²) >= 11 is 0. The first-order valence-corrected chi connectivity index (χ1v) is 11.4. The molecule has 3 aromatic rings. The summed E-state index contributed by atoms with van der Waals surface area (Å²) in [5, 5.41) is 12.3. The first-order valence-electron chi connectivity index (χ1n) is 9.82. The van der Waals surface area contributed by atoms with E-state index in [1.807, 2.05) is 0 Å². The number of H-pyrrole nitrogens is 1. The lowest BCUT2D eigenvalue weighted by molar-refractivity contribution is -0.133. The van der Waals surface area contributed by atoms with Crippen molar-refractivity contribution in [2.45, 2.75) is 30.3 Å². The molecule has 1 aromatic heterocycles. The zero-order valence-electron chi connectivity index (χ0n) is 16.9. The highest BCUT2D eigenvalue weighted by molar-refractivity contribution is 7.89. The van der Waals surface area contributed by atoms with Crippen molar-refractivity contribution in [2.24, 2.45) is 10.9 Å². The number of fused-ring (bicyclic) bond motifs is 1. The molecule has 1 aliphatic heterocycles. The van der Waals surface area contributed by atoms with Crippen molar-refractivity contribution in [1.82, 2.24) is 15.1 Å². The molecule has 5 N–H and O–H groups in total. The van der Waals surface area contributed by atoms with E-state index in [1.54, 1.807) is 12.1 Å². The van der Waals surface area contributed by atoms with E-state index in [-0.39, 0.29) is 42.4 Å². The molecule has 1 amide bonds. The van der Waals surface area contributed by atoms with Crippen LogP contribution in [0.5, 0.6) is 0 Å². The Kier molecular flexibility index (Phi) is 5.80. The van der Waals surface area contributed by atoms with Gasteiger partial charge in [0.05, 0.1) is 35.3 Å². The largest absolute Gasteiger partial charge is 0.332 e. The van der Waals surface area contributed by atoms with E-state index in [0.717, 1.165) is 17.3 Å². The molecule has 0 saturated carbocycles. The van der Waals surface area contributed by atoms with Crippen molar-refractivity contribution >= 4 is 15.9 Å². The number of sulfonamides is 1. The van der Waals surface area contributed by atoms with Crippen molar-refractivity contribution in [1.29, 1.82) is 0 Å². The van der Waals surface area contributed by atoms with Gasteiger partial charge in [-0.25, -0.2) is 22.3 Å². The van der Waals surface area contributed by atoms with E-state index in [9.17, 15) is 22.0 Å². The molecule has 0 radical (unpaired) electrons. The summed E-state index contributed by atoms with van der Waals surface area (Å²) in [6.45, 7) is 0.581. The Hall–Kier alpha value is -3.15. The van der Waals surface area contributed by atoms with Gasteiger partial charge in [0.2, 0.25) is 15.9 Å². The van der Waals surface area contributed by atoms with Crippen LogP contribution in [0, 0.1) is 11.6 Å². The number of benzene rings is 2. The Labute approximate surface area is 183 Å². The molecule has 1 unspecified atom stereocenters. The molecule has 168 valence electrons. The van der Waals surface area contributed by atoms with Crippen LogP contribution >= 0.6 is 0 Å². The molecular formula is C21H21F2N5O3S. The predicted molar refractivity (Wildman–Crippen MR) is 112 cm³/mol. The Morgan fingerprint density at radius 3 is 2.53 bits per heavy atom. The average molecular weight is 461 g/mol. The lowest BCUT2D eigenvalue weighted by Crippen LogP contribution is -2.32. The molecule has 1 aliphatic rings. The standard InChI is InChI=1S/C21H21F2N5O3S/c22-17-3-1-2-14(19(17)23)15(8-9-24)21(29)28-10-16-18(11-28)26-27-20(16)12-4-6-13(7-5-12)32(25,30)31/h1-7,15H,8-11,24H2,(H,26,27)(H2,25,30,31). The number of carbonyl (C=O) groups is 1. The first-order chi connectivity index (χ1) is 15.2. The topological polar surface area (TPSA) is 135 Å². The maximum atomic E-state index is 14.4. The molecule has 0 bridgehead atoms. The molecule has 0 aliphatic carbocycles. The third-order valence-corrected chi connectivity index (χ3v) is 6.46. The van der Waals surface area contributed by atoms with Gasteiger partial charge in [-0.1, -0.05) is 24.3 Å². The number of hydrogen-bond acceptors (Lipinski definition) is 5. The number of rotatable bonds is 6. The molecule has 2 heterocycles. The quantitative estimate of drug-likeness (QED) is 0.516. The number of aromatic nitrogens is 2. The predicted octanol–water partition coefficient (Wildman–Crippen LogP) is 1.98. The number of nitrogens with one attached hydrogen (secondary N) is 1. The van der Waals surface area contributed by atoms with Crippen LogP contribution in [0.3, 0.4) is 0 Å². The van der Waals surface area contributed by atoms with Gasteiger partial charge in [-0.05, 0) is 31.2 Å². The van der Waals surface area contributed by atoms with Crippen LogP contribution in [0.15, 0.2) is 47.4 Å². The van der Waals surface area contributed by atoms with Crippen molar-refractivity contribution < 1.29 is 22.0 Å². The van der Waals surface area contributed by atoms with Crippen molar-refractivity contribution in [3.05, 3.63) is 70.9 Å².